The van der Waals surface area contributed by atoms with Crippen LogP contribution in [0.1, 0.15) is 76.6 Å². The molecule has 3 aromatic carbocycles. The van der Waals surface area contributed by atoms with E-state index in [-0.39, 0.29) is 29.0 Å². The zero-order valence-electron chi connectivity index (χ0n) is 23.5. The minimum absolute atomic E-state index is 0.113. The summed E-state index contributed by atoms with van der Waals surface area (Å²) in [6, 6.07) is 14.5. The Balaban J connectivity index is 2.16. The molecule has 0 fully saturated rings. The normalized spacial score (nSPS) is 13.6. The Morgan fingerprint density at radius 3 is 1.24 bits per heavy atom. The highest BCUT2D eigenvalue weighted by molar-refractivity contribution is 7.86. The molecular weight excluding hydrogens is 681 g/mol. The molecule has 0 heterocycles. The van der Waals surface area contributed by atoms with Crippen LogP contribution in [0.3, 0.4) is 0 Å². The van der Waals surface area contributed by atoms with E-state index in [9.17, 15) is 34.8 Å². The van der Waals surface area contributed by atoms with Gasteiger partial charge in [-0.1, -0.05) is 65.8 Å². The monoisotopic (exact) mass is 714 g/mol. The number of rotatable bonds is 9. The maximum atomic E-state index is 13.5. The van der Waals surface area contributed by atoms with Crippen molar-refractivity contribution in [1.82, 2.24) is 0 Å². The van der Waals surface area contributed by atoms with Gasteiger partial charge in [0.25, 0.3) is 0 Å². The average molecular weight is 715 g/mol. The van der Waals surface area contributed by atoms with E-state index in [4.69, 9.17) is 2.51 Å². The van der Waals surface area contributed by atoms with Gasteiger partial charge in [-0.3, -0.25) is 0 Å². The van der Waals surface area contributed by atoms with Crippen LogP contribution < -0.4 is 20.2 Å². The summed E-state index contributed by atoms with van der Waals surface area (Å²) < 4.78 is 114. The zero-order chi connectivity index (χ0) is 31.0. The van der Waals surface area contributed by atoms with Gasteiger partial charge in [-0.25, -0.2) is 0 Å². The fourth-order valence-corrected chi connectivity index (χ4v) is 10.8. The van der Waals surface area contributed by atoms with Gasteiger partial charge in [0.2, 0.25) is 0 Å². The van der Waals surface area contributed by atoms with Gasteiger partial charge in [0.15, 0.2) is 7.14 Å². The van der Waals surface area contributed by atoms with E-state index in [1.165, 1.54) is 0 Å². The van der Waals surface area contributed by atoms with Gasteiger partial charge in [-0.2, -0.15) is 34.8 Å². The lowest BCUT2D eigenvalue weighted by Crippen LogP contribution is -3.85. The Hall–Kier alpha value is -2.12. The predicted molar refractivity (Wildman–Crippen MR) is 142 cm³/mol. The lowest BCUT2D eigenvalue weighted by molar-refractivity contribution is -1.03. The third-order valence-electron chi connectivity index (χ3n) is 7.41. The molecule has 0 bridgehead atoms. The van der Waals surface area contributed by atoms with E-state index >= 15 is 0 Å². The summed E-state index contributed by atoms with van der Waals surface area (Å²) in [6.45, 7) is 12.3. The first-order chi connectivity index (χ1) is 18.7. The number of alkyl halides is 6. The molecule has 0 saturated heterocycles. The fourth-order valence-electron chi connectivity index (χ4n) is 3.83. The van der Waals surface area contributed by atoms with Crippen molar-refractivity contribution in [3.63, 3.8) is 0 Å². The third-order valence-corrected chi connectivity index (χ3v) is 14.7. The van der Waals surface area contributed by atoms with Crippen molar-refractivity contribution in [2.75, 3.05) is 0 Å². The van der Waals surface area contributed by atoms with Crippen LogP contribution in [0.2, 0.25) is 0 Å². The van der Waals surface area contributed by atoms with Crippen molar-refractivity contribution >= 4 is 10.1 Å². The Bertz CT molecular complexity index is 1370. The minimum Gasteiger partial charge on any atom is -0.190 e. The van der Waals surface area contributed by atoms with Crippen molar-refractivity contribution in [3.05, 3.63) is 96.1 Å². The van der Waals surface area contributed by atoms with E-state index in [2.05, 4.69) is 27.7 Å². The predicted octanol–water partition coefficient (Wildman–Crippen LogP) is 6.08. The molecule has 0 unspecified atom stereocenters. The topological polar surface area (TPSA) is 43.4 Å². The Kier molecular flexibility index (Phi) is 9.67. The Morgan fingerprint density at radius 1 is 0.610 bits per heavy atom. The molecule has 0 spiro atoms. The fraction of sp³-hybridized carbons (Fsp3) is 0.400. The third kappa shape index (κ3) is 7.84. The number of hydrogen-bond donors (Lipinski definition) is 0. The maximum absolute atomic E-state index is 13.5. The molecule has 0 aliphatic rings. The van der Waals surface area contributed by atoms with Gasteiger partial charge in [-0.15, -0.1) is 0 Å². The highest BCUT2D eigenvalue weighted by Crippen LogP contribution is 2.37. The summed E-state index contributed by atoms with van der Waals surface area (Å²) in [5, 5.41) is 0. The molecule has 0 atom stereocenters. The Morgan fingerprint density at radius 2 is 0.951 bits per heavy atom. The molecule has 3 aromatic rings. The van der Waals surface area contributed by atoms with E-state index in [1.807, 2.05) is 38.1 Å². The van der Waals surface area contributed by atoms with E-state index in [0.717, 1.165) is 24.0 Å². The molecule has 3 nitrogen and oxygen atoms in total. The molecule has 11 heteroatoms. The van der Waals surface area contributed by atoms with Crippen molar-refractivity contribution in [3.8, 4) is 0 Å². The second-order valence-corrected chi connectivity index (χ2v) is 17.5. The quantitative estimate of drug-likeness (QED) is 0.200. The van der Waals surface area contributed by atoms with Crippen molar-refractivity contribution in [1.29, 1.82) is 0 Å². The van der Waals surface area contributed by atoms with Crippen molar-refractivity contribution in [2.24, 2.45) is 0 Å². The van der Waals surface area contributed by atoms with Crippen molar-refractivity contribution in [2.45, 2.75) is 82.5 Å². The Labute approximate surface area is 245 Å². The largest absolute Gasteiger partial charge is 0.416 e. The summed E-state index contributed by atoms with van der Waals surface area (Å²) in [5.41, 5.74) is -1.79. The summed E-state index contributed by atoms with van der Waals surface area (Å²) in [5.74, 6) is 0. The molecule has 225 valence electrons. The van der Waals surface area contributed by atoms with E-state index in [1.54, 1.807) is 24.3 Å². The second-order valence-electron chi connectivity index (χ2n) is 11.0. The molecule has 3 rings (SSSR count). The first kappa shape index (κ1) is 33.4. The molecule has 0 N–H and O–H groups in total. The smallest absolute Gasteiger partial charge is 0.190 e. The van der Waals surface area contributed by atoms with Crippen LogP contribution in [0, 0.1) is 7.14 Å². The molecule has 0 aromatic heterocycles. The molecule has 0 saturated carbocycles. The van der Waals surface area contributed by atoms with Crippen LogP contribution in [0.15, 0.2) is 71.6 Å². The first-order valence-electron chi connectivity index (χ1n) is 12.9. The van der Waals surface area contributed by atoms with Gasteiger partial charge >= 0.3 is 42.7 Å². The van der Waals surface area contributed by atoms with E-state index in [0.29, 0.717) is 7.14 Å². The zero-order valence-corrected chi connectivity index (χ0v) is 26.5. The van der Waals surface area contributed by atoms with Crippen LogP contribution in [0.4, 0.5) is 26.3 Å². The summed E-state index contributed by atoms with van der Waals surface area (Å²) in [4.78, 5) is -1.20. The number of hydrogen-bond acceptors (Lipinski definition) is 3. The molecule has 41 heavy (non-hydrogen) atoms. The molecule has 0 amide bonds. The number of benzene rings is 3. The van der Waals surface area contributed by atoms with Gasteiger partial charge in [0.05, 0.1) is 16.0 Å². The molecule has 0 aliphatic carbocycles. The van der Waals surface area contributed by atoms with Crippen LogP contribution in [-0.2, 0) is 35.8 Å². The molecule has 0 aliphatic heterocycles. The lowest BCUT2D eigenvalue weighted by Gasteiger charge is -2.23. The van der Waals surface area contributed by atoms with Crippen molar-refractivity contribution < 1.29 is 57.5 Å². The van der Waals surface area contributed by atoms with Crippen LogP contribution >= 0.6 is 0 Å². The summed E-state index contributed by atoms with van der Waals surface area (Å²) in [7, 11) is -5.04. The van der Waals surface area contributed by atoms with Crippen LogP contribution in [-0.4, -0.2) is 8.42 Å². The van der Waals surface area contributed by atoms with Gasteiger partial charge < -0.3 is 0 Å². The molecule has 1 radical (unpaired) electrons. The average Bonchev–Trinajstić information content (AvgIpc) is 2.90. The van der Waals surface area contributed by atoms with Crippen LogP contribution in [0.25, 0.3) is 0 Å². The van der Waals surface area contributed by atoms with E-state index < -0.39 is 58.7 Å². The first-order valence-corrected chi connectivity index (χ1v) is 17.3. The highest BCUT2D eigenvalue weighted by Gasteiger charge is 2.42. The summed E-state index contributed by atoms with van der Waals surface area (Å²) in [6.07, 6.45) is -8.72. The lowest BCUT2D eigenvalue weighted by atomic mass is 9.82. The number of halogens is 7. The molecular formula is C30H33F6IO3S+. The second kappa shape index (κ2) is 11.9. The van der Waals surface area contributed by atoms with Gasteiger partial charge in [0.1, 0.15) is 0 Å². The summed E-state index contributed by atoms with van der Waals surface area (Å²) >= 11 is -3.41. The maximum Gasteiger partial charge on any atom is 0.416 e. The van der Waals surface area contributed by atoms with Gasteiger partial charge in [-0.05, 0) is 79.8 Å². The standard InChI is InChI=1S/C30H33F6IO3S/c1-7-27(3,4)20-9-13-24(14-10-20)37(25-15-11-21(12-16-25)28(5,6)8-2)40-41(38,39)26-18-22(29(31,32)33)17-23(19-26)30(34,35)36/h9-19H,7-8H2,1-6H3/q+1. The van der Waals surface area contributed by atoms with Crippen LogP contribution in [0.5, 0.6) is 0 Å². The SMILES string of the molecule is CCC(C)(C)c1ccc([I+](OS(=O)(=O)c2cc(C(F)(F)F)cc(C(F)(F)F)c2)c2ccc(C(C)(C)CC)cc2)cc1. The minimum atomic E-state index is -5.20. The van der Waals surface area contributed by atoms with Gasteiger partial charge in [0, 0.05) is 0 Å². The highest BCUT2D eigenvalue weighted by atomic mass is 127.